The zero-order chi connectivity index (χ0) is 14.3. The molecule has 1 aliphatic heterocycles. The third kappa shape index (κ3) is 2.25. The van der Waals surface area contributed by atoms with Gasteiger partial charge in [-0.15, -0.1) is 0 Å². The lowest BCUT2D eigenvalue weighted by atomic mass is 9.98. The van der Waals surface area contributed by atoms with Gasteiger partial charge in [0, 0.05) is 12.1 Å². The second-order valence-electron chi connectivity index (χ2n) is 4.92. The molecule has 20 heavy (non-hydrogen) atoms. The number of rotatable bonds is 2. The second-order valence-corrected chi connectivity index (χ2v) is 5.71. The van der Waals surface area contributed by atoms with Crippen molar-refractivity contribution in [3.05, 3.63) is 34.1 Å². The number of hydrogen-bond acceptors (Lipinski definition) is 4. The van der Waals surface area contributed by atoms with Crippen molar-refractivity contribution in [3.8, 4) is 11.4 Å². The fourth-order valence-corrected chi connectivity index (χ4v) is 2.83. The number of halogens is 3. The second kappa shape index (κ2) is 5.21. The molecule has 7 heteroatoms. The molecular weight excluding hydrogens is 332 g/mol. The van der Waals surface area contributed by atoms with Gasteiger partial charge in [0.25, 0.3) is 0 Å². The average Bonchev–Trinajstić information content (AvgIpc) is 3.05. The Morgan fingerprint density at radius 1 is 1.35 bits per heavy atom. The lowest BCUT2D eigenvalue weighted by Gasteiger charge is -2.07. The highest BCUT2D eigenvalue weighted by atomic mass is 79.9. The number of aromatic nitrogens is 2. The van der Waals surface area contributed by atoms with E-state index in [0.29, 0.717) is 17.4 Å². The van der Waals surface area contributed by atoms with Gasteiger partial charge in [0.15, 0.2) is 11.6 Å². The number of nitrogens with one attached hydrogen (secondary N) is 1. The van der Waals surface area contributed by atoms with Crippen LogP contribution in [0.3, 0.4) is 0 Å². The molecule has 1 N–H and O–H groups in total. The predicted molar refractivity (Wildman–Crippen MR) is 72.1 cm³/mol. The molecule has 2 unspecified atom stereocenters. The molecule has 1 fully saturated rings. The van der Waals surface area contributed by atoms with Gasteiger partial charge in [0.05, 0.1) is 10.4 Å². The molecule has 2 aromatic rings. The maximum Gasteiger partial charge on any atom is 0.231 e. The highest BCUT2D eigenvalue weighted by Crippen LogP contribution is 2.32. The molecule has 0 radical (unpaired) electrons. The molecule has 2 heterocycles. The van der Waals surface area contributed by atoms with Crippen LogP contribution in [0, 0.1) is 17.6 Å². The SMILES string of the molecule is CC1CNCC1c1nc(-c2ccc(F)c(F)c2Br)no1. The molecule has 0 spiro atoms. The van der Waals surface area contributed by atoms with Gasteiger partial charge in [-0.25, -0.2) is 8.78 Å². The number of benzene rings is 1. The Hall–Kier alpha value is -1.34. The summed E-state index contributed by atoms with van der Waals surface area (Å²) in [7, 11) is 0. The minimum Gasteiger partial charge on any atom is -0.339 e. The smallest absolute Gasteiger partial charge is 0.231 e. The van der Waals surface area contributed by atoms with Gasteiger partial charge in [-0.3, -0.25) is 0 Å². The molecule has 0 amide bonds. The van der Waals surface area contributed by atoms with Crippen LogP contribution in [0.25, 0.3) is 11.4 Å². The summed E-state index contributed by atoms with van der Waals surface area (Å²) in [6, 6.07) is 2.47. The molecule has 0 aliphatic carbocycles. The molecule has 1 aromatic carbocycles. The quantitative estimate of drug-likeness (QED) is 0.851. The average molecular weight is 344 g/mol. The lowest BCUT2D eigenvalue weighted by molar-refractivity contribution is 0.340. The van der Waals surface area contributed by atoms with Crippen molar-refractivity contribution in [3.63, 3.8) is 0 Å². The van der Waals surface area contributed by atoms with Gasteiger partial charge >= 0.3 is 0 Å². The van der Waals surface area contributed by atoms with Gasteiger partial charge < -0.3 is 9.84 Å². The molecule has 1 aliphatic rings. The zero-order valence-corrected chi connectivity index (χ0v) is 12.2. The third-order valence-corrected chi connectivity index (χ3v) is 4.33. The van der Waals surface area contributed by atoms with Crippen molar-refractivity contribution >= 4 is 15.9 Å². The van der Waals surface area contributed by atoms with E-state index in [9.17, 15) is 8.78 Å². The van der Waals surface area contributed by atoms with Crippen molar-refractivity contribution < 1.29 is 13.3 Å². The van der Waals surface area contributed by atoms with E-state index in [1.165, 1.54) is 6.07 Å². The highest BCUT2D eigenvalue weighted by Gasteiger charge is 2.30. The number of hydrogen-bond donors (Lipinski definition) is 1. The Bertz CT molecular complexity index is 647. The van der Waals surface area contributed by atoms with Crippen molar-refractivity contribution in [1.82, 2.24) is 15.5 Å². The van der Waals surface area contributed by atoms with Crippen molar-refractivity contribution in [2.24, 2.45) is 5.92 Å². The summed E-state index contributed by atoms with van der Waals surface area (Å²) in [5.74, 6) is -0.543. The van der Waals surface area contributed by atoms with E-state index < -0.39 is 11.6 Å². The molecule has 106 valence electrons. The first-order valence-corrected chi connectivity index (χ1v) is 7.05. The Labute approximate surface area is 122 Å². The Morgan fingerprint density at radius 3 is 2.85 bits per heavy atom. The fraction of sp³-hybridized carbons (Fsp3) is 0.385. The molecule has 0 bridgehead atoms. The van der Waals surface area contributed by atoms with E-state index in [2.05, 4.69) is 38.3 Å². The van der Waals surface area contributed by atoms with E-state index in [4.69, 9.17) is 4.52 Å². The monoisotopic (exact) mass is 343 g/mol. The van der Waals surface area contributed by atoms with Crippen molar-refractivity contribution in [1.29, 1.82) is 0 Å². The maximum atomic E-state index is 13.5. The van der Waals surface area contributed by atoms with Gasteiger partial charge in [-0.05, 0) is 40.5 Å². The van der Waals surface area contributed by atoms with Crippen LogP contribution in [0.4, 0.5) is 8.78 Å². The third-order valence-electron chi connectivity index (χ3n) is 3.55. The van der Waals surface area contributed by atoms with E-state index in [0.717, 1.165) is 19.2 Å². The molecule has 0 saturated carbocycles. The van der Waals surface area contributed by atoms with Gasteiger partial charge in [-0.2, -0.15) is 4.98 Å². The summed E-state index contributed by atoms with van der Waals surface area (Å²) in [4.78, 5) is 4.31. The standard InChI is InChI=1S/C13H12BrF2N3O/c1-6-4-17-5-8(6)13-18-12(19-20-13)7-2-3-9(15)11(16)10(7)14/h2-3,6,8,17H,4-5H2,1H3. The van der Waals surface area contributed by atoms with Crippen molar-refractivity contribution in [2.75, 3.05) is 13.1 Å². The molecule has 2 atom stereocenters. The first-order chi connectivity index (χ1) is 9.58. The first kappa shape index (κ1) is 13.6. The summed E-state index contributed by atoms with van der Waals surface area (Å²) >= 11 is 3.02. The van der Waals surface area contributed by atoms with Crippen LogP contribution in [-0.4, -0.2) is 23.2 Å². The molecule has 4 nitrogen and oxygen atoms in total. The van der Waals surface area contributed by atoms with E-state index in [1.54, 1.807) is 0 Å². The van der Waals surface area contributed by atoms with E-state index in [1.807, 2.05) is 0 Å². The van der Waals surface area contributed by atoms with E-state index in [-0.39, 0.29) is 16.2 Å². The highest BCUT2D eigenvalue weighted by molar-refractivity contribution is 9.10. The topological polar surface area (TPSA) is 51.0 Å². The van der Waals surface area contributed by atoms with E-state index >= 15 is 0 Å². The van der Waals surface area contributed by atoms with Gasteiger partial charge in [0.1, 0.15) is 0 Å². The van der Waals surface area contributed by atoms with Crippen LogP contribution in [0.2, 0.25) is 0 Å². The van der Waals surface area contributed by atoms with Crippen LogP contribution in [-0.2, 0) is 0 Å². The van der Waals surface area contributed by atoms with Gasteiger partial charge in [-0.1, -0.05) is 12.1 Å². The molecule has 1 saturated heterocycles. The van der Waals surface area contributed by atoms with Crippen LogP contribution in [0.1, 0.15) is 18.7 Å². The molecule has 3 rings (SSSR count). The predicted octanol–water partition coefficient (Wildman–Crippen LogP) is 3.10. The largest absolute Gasteiger partial charge is 0.339 e. The fourth-order valence-electron chi connectivity index (χ4n) is 2.33. The van der Waals surface area contributed by atoms with Crippen molar-refractivity contribution in [2.45, 2.75) is 12.8 Å². The van der Waals surface area contributed by atoms with Crippen LogP contribution >= 0.6 is 15.9 Å². The summed E-state index contributed by atoms with van der Waals surface area (Å²) in [6.07, 6.45) is 0. The van der Waals surface area contributed by atoms with Crippen LogP contribution in [0.15, 0.2) is 21.1 Å². The zero-order valence-electron chi connectivity index (χ0n) is 10.7. The minimum atomic E-state index is -0.954. The summed E-state index contributed by atoms with van der Waals surface area (Å²) in [5, 5.41) is 7.12. The Kier molecular flexibility index (Phi) is 3.55. The Balaban J connectivity index is 1.96. The molecular formula is C13H12BrF2N3O. The minimum absolute atomic E-state index is 0.00226. The lowest BCUT2D eigenvalue weighted by Crippen LogP contribution is -2.08. The number of nitrogens with zero attached hydrogens (tertiary/aromatic N) is 2. The van der Waals surface area contributed by atoms with Gasteiger partial charge in [0.2, 0.25) is 11.7 Å². The molecule has 1 aromatic heterocycles. The summed E-state index contributed by atoms with van der Waals surface area (Å²) < 4.78 is 31.9. The summed E-state index contributed by atoms with van der Waals surface area (Å²) in [6.45, 7) is 3.78. The summed E-state index contributed by atoms with van der Waals surface area (Å²) in [5.41, 5.74) is 0.373. The van der Waals surface area contributed by atoms with Crippen LogP contribution in [0.5, 0.6) is 0 Å². The maximum absolute atomic E-state index is 13.5. The Morgan fingerprint density at radius 2 is 2.15 bits per heavy atom. The van der Waals surface area contributed by atoms with Crippen LogP contribution < -0.4 is 5.32 Å². The normalized spacial score (nSPS) is 22.4. The first-order valence-electron chi connectivity index (χ1n) is 6.26.